The van der Waals surface area contributed by atoms with Crippen LogP contribution in [0.15, 0.2) is 28.7 Å². The van der Waals surface area contributed by atoms with Crippen LogP contribution in [0.5, 0.6) is 0 Å². The van der Waals surface area contributed by atoms with Crippen LogP contribution >= 0.6 is 15.9 Å². The minimum atomic E-state index is -0.423. The van der Waals surface area contributed by atoms with Gasteiger partial charge < -0.3 is 10.4 Å². The van der Waals surface area contributed by atoms with Gasteiger partial charge in [-0.05, 0) is 44.9 Å². The van der Waals surface area contributed by atoms with Crippen LogP contribution in [0.3, 0.4) is 0 Å². The van der Waals surface area contributed by atoms with Gasteiger partial charge in [-0.15, -0.1) is 0 Å². The van der Waals surface area contributed by atoms with Crippen LogP contribution in [-0.2, 0) is 11.3 Å². The second-order valence-electron chi connectivity index (χ2n) is 6.57. The van der Waals surface area contributed by atoms with E-state index in [2.05, 4.69) is 46.9 Å². The quantitative estimate of drug-likeness (QED) is 0.875. The van der Waals surface area contributed by atoms with Crippen LogP contribution < -0.4 is 5.32 Å². The Bertz CT molecular complexity index is 496. The van der Waals surface area contributed by atoms with E-state index in [-0.39, 0.29) is 17.5 Å². The summed E-state index contributed by atoms with van der Waals surface area (Å²) in [7, 11) is 0. The fourth-order valence-corrected chi connectivity index (χ4v) is 2.98. The Kier molecular flexibility index (Phi) is 5.07. The SMILES string of the molecule is CC(C)(C)N1C[C@H](O)C[C@H]1C(=O)NCc1ccc(Br)cc1. The summed E-state index contributed by atoms with van der Waals surface area (Å²) in [6, 6.07) is 7.63. The molecule has 0 unspecified atom stereocenters. The van der Waals surface area contributed by atoms with Crippen LogP contribution in [0.25, 0.3) is 0 Å². The molecule has 0 saturated carbocycles. The van der Waals surface area contributed by atoms with Gasteiger partial charge in [0.25, 0.3) is 0 Å². The third-order valence-corrected chi connectivity index (χ3v) is 4.35. The lowest BCUT2D eigenvalue weighted by Crippen LogP contribution is -2.51. The summed E-state index contributed by atoms with van der Waals surface area (Å²) in [6.45, 7) is 7.27. The number of hydrogen-bond donors (Lipinski definition) is 2. The van der Waals surface area contributed by atoms with Crippen LogP contribution in [0.1, 0.15) is 32.8 Å². The summed E-state index contributed by atoms with van der Waals surface area (Å²) in [5.41, 5.74) is 0.935. The fourth-order valence-electron chi connectivity index (χ4n) is 2.71. The molecule has 2 rings (SSSR count). The van der Waals surface area contributed by atoms with Gasteiger partial charge in [0.1, 0.15) is 0 Å². The summed E-state index contributed by atoms with van der Waals surface area (Å²) in [5.74, 6) is -0.00982. The molecule has 4 nitrogen and oxygen atoms in total. The van der Waals surface area contributed by atoms with Gasteiger partial charge in [0, 0.05) is 23.1 Å². The Morgan fingerprint density at radius 1 is 1.38 bits per heavy atom. The second-order valence-corrected chi connectivity index (χ2v) is 7.49. The van der Waals surface area contributed by atoms with E-state index in [9.17, 15) is 9.90 Å². The molecule has 1 heterocycles. The van der Waals surface area contributed by atoms with E-state index in [4.69, 9.17) is 0 Å². The molecule has 2 atom stereocenters. The molecular formula is C16H23BrN2O2. The van der Waals surface area contributed by atoms with E-state index in [1.807, 2.05) is 24.3 Å². The normalized spacial score (nSPS) is 23.3. The molecule has 0 aromatic heterocycles. The molecule has 2 N–H and O–H groups in total. The maximum absolute atomic E-state index is 12.4. The van der Waals surface area contributed by atoms with Gasteiger partial charge in [0.05, 0.1) is 12.1 Å². The Morgan fingerprint density at radius 2 is 2.00 bits per heavy atom. The minimum Gasteiger partial charge on any atom is -0.392 e. The van der Waals surface area contributed by atoms with Crippen molar-refractivity contribution in [2.24, 2.45) is 0 Å². The number of likely N-dealkylation sites (tertiary alicyclic amines) is 1. The maximum atomic E-state index is 12.4. The summed E-state index contributed by atoms with van der Waals surface area (Å²) >= 11 is 3.39. The first-order valence-corrected chi connectivity index (χ1v) is 8.03. The number of rotatable bonds is 3. The van der Waals surface area contributed by atoms with Crippen LogP contribution in [0.2, 0.25) is 0 Å². The van der Waals surface area contributed by atoms with Crippen molar-refractivity contribution in [2.75, 3.05) is 6.54 Å². The highest BCUT2D eigenvalue weighted by Gasteiger charge is 2.41. The number of amides is 1. The van der Waals surface area contributed by atoms with E-state index >= 15 is 0 Å². The van der Waals surface area contributed by atoms with Crippen molar-refractivity contribution >= 4 is 21.8 Å². The predicted molar refractivity (Wildman–Crippen MR) is 86.9 cm³/mol. The second kappa shape index (κ2) is 6.46. The number of aliphatic hydroxyl groups is 1. The van der Waals surface area contributed by atoms with Crippen molar-refractivity contribution in [3.63, 3.8) is 0 Å². The summed E-state index contributed by atoms with van der Waals surface area (Å²) in [6.07, 6.45) is 0.0799. The van der Waals surface area contributed by atoms with Gasteiger partial charge in [0.2, 0.25) is 5.91 Å². The first-order valence-electron chi connectivity index (χ1n) is 7.24. The fraction of sp³-hybridized carbons (Fsp3) is 0.562. The molecule has 1 aliphatic rings. The lowest BCUT2D eigenvalue weighted by Gasteiger charge is -2.36. The number of nitrogens with one attached hydrogen (secondary N) is 1. The molecule has 1 fully saturated rings. The monoisotopic (exact) mass is 354 g/mol. The average molecular weight is 355 g/mol. The van der Waals surface area contributed by atoms with E-state index < -0.39 is 6.10 Å². The molecular weight excluding hydrogens is 332 g/mol. The van der Waals surface area contributed by atoms with Crippen molar-refractivity contribution in [1.82, 2.24) is 10.2 Å². The topological polar surface area (TPSA) is 52.6 Å². The van der Waals surface area contributed by atoms with E-state index in [0.29, 0.717) is 19.5 Å². The number of β-amino-alcohol motifs (C(OH)–C–C–N with tert-alkyl or cyclic N) is 1. The van der Waals surface area contributed by atoms with Crippen LogP contribution in [0, 0.1) is 0 Å². The van der Waals surface area contributed by atoms with Gasteiger partial charge in [0.15, 0.2) is 0 Å². The smallest absolute Gasteiger partial charge is 0.237 e. The summed E-state index contributed by atoms with van der Waals surface area (Å²) in [5, 5.41) is 12.8. The Labute approximate surface area is 134 Å². The van der Waals surface area contributed by atoms with Gasteiger partial charge >= 0.3 is 0 Å². The molecule has 21 heavy (non-hydrogen) atoms. The zero-order chi connectivity index (χ0) is 15.6. The molecule has 116 valence electrons. The average Bonchev–Trinajstić information content (AvgIpc) is 2.80. The number of benzene rings is 1. The number of nitrogens with zero attached hydrogens (tertiary/aromatic N) is 1. The molecule has 0 radical (unpaired) electrons. The molecule has 1 aromatic carbocycles. The molecule has 5 heteroatoms. The summed E-state index contributed by atoms with van der Waals surface area (Å²) < 4.78 is 1.02. The lowest BCUT2D eigenvalue weighted by atomic mass is 10.0. The molecule has 1 amide bonds. The Balaban J connectivity index is 1.97. The number of aliphatic hydroxyl groups excluding tert-OH is 1. The van der Waals surface area contributed by atoms with Crippen molar-refractivity contribution in [3.8, 4) is 0 Å². The van der Waals surface area contributed by atoms with Crippen molar-refractivity contribution in [1.29, 1.82) is 0 Å². The van der Waals surface area contributed by atoms with Crippen LogP contribution in [-0.4, -0.2) is 40.1 Å². The standard InChI is InChI=1S/C16H23BrN2O2/c1-16(2,3)19-10-13(20)8-14(19)15(21)18-9-11-4-6-12(17)7-5-11/h4-7,13-14,20H,8-10H2,1-3H3,(H,18,21)/t13-,14+/m1/s1. The first-order chi connectivity index (χ1) is 9.77. The zero-order valence-electron chi connectivity index (χ0n) is 12.8. The Hall–Kier alpha value is -0.910. The van der Waals surface area contributed by atoms with Crippen molar-refractivity contribution in [2.45, 2.75) is 51.4 Å². The molecule has 0 bridgehead atoms. The lowest BCUT2D eigenvalue weighted by molar-refractivity contribution is -0.127. The van der Waals surface area contributed by atoms with Gasteiger partial charge in [-0.3, -0.25) is 9.69 Å². The van der Waals surface area contributed by atoms with E-state index in [0.717, 1.165) is 10.0 Å². The highest BCUT2D eigenvalue weighted by atomic mass is 79.9. The third-order valence-electron chi connectivity index (χ3n) is 3.82. The maximum Gasteiger partial charge on any atom is 0.237 e. The van der Waals surface area contributed by atoms with Gasteiger partial charge in [-0.1, -0.05) is 28.1 Å². The van der Waals surface area contributed by atoms with Crippen molar-refractivity contribution < 1.29 is 9.90 Å². The third kappa shape index (κ3) is 4.28. The molecule has 1 saturated heterocycles. The molecule has 1 aliphatic heterocycles. The van der Waals surface area contributed by atoms with Gasteiger partial charge in [-0.25, -0.2) is 0 Å². The van der Waals surface area contributed by atoms with E-state index in [1.165, 1.54) is 0 Å². The summed E-state index contributed by atoms with van der Waals surface area (Å²) in [4.78, 5) is 14.5. The minimum absolute atomic E-state index is 0.00982. The van der Waals surface area contributed by atoms with E-state index in [1.54, 1.807) is 0 Å². The largest absolute Gasteiger partial charge is 0.392 e. The number of carbonyl (C=O) groups excluding carboxylic acids is 1. The molecule has 0 spiro atoms. The van der Waals surface area contributed by atoms with Crippen molar-refractivity contribution in [3.05, 3.63) is 34.3 Å². The Morgan fingerprint density at radius 3 is 2.57 bits per heavy atom. The number of carbonyl (C=O) groups is 1. The first kappa shape index (κ1) is 16.5. The highest BCUT2D eigenvalue weighted by Crippen LogP contribution is 2.26. The van der Waals surface area contributed by atoms with Crippen LogP contribution in [0.4, 0.5) is 0 Å². The van der Waals surface area contributed by atoms with Gasteiger partial charge in [-0.2, -0.15) is 0 Å². The number of hydrogen-bond acceptors (Lipinski definition) is 3. The molecule has 1 aromatic rings. The highest BCUT2D eigenvalue weighted by molar-refractivity contribution is 9.10. The number of halogens is 1. The zero-order valence-corrected chi connectivity index (χ0v) is 14.4. The molecule has 0 aliphatic carbocycles. The predicted octanol–water partition coefficient (Wildman–Crippen LogP) is 2.30.